The molecule has 0 radical (unpaired) electrons. The number of methoxy groups -OCH3 is 1. The normalized spacial score (nSPS) is 22.5. The van der Waals surface area contributed by atoms with Crippen LogP contribution in [0.4, 0.5) is 13.6 Å². The Morgan fingerprint density at radius 3 is 2.71 bits per heavy atom. The Labute approximate surface area is 207 Å². The second kappa shape index (κ2) is 10.1. The van der Waals surface area contributed by atoms with Gasteiger partial charge in [0.15, 0.2) is 0 Å². The lowest BCUT2D eigenvalue weighted by Gasteiger charge is -2.40. The first-order valence-corrected chi connectivity index (χ1v) is 12.5. The summed E-state index contributed by atoms with van der Waals surface area (Å²) in [5.41, 5.74) is 1.49. The number of alkyl carbamates (subject to hydrolysis) is 1. The van der Waals surface area contributed by atoms with Gasteiger partial charge in [-0.15, -0.1) is 11.8 Å². The SMILES string of the molecule is COC(=O)Cn1cc2c(n1)CN([C@H]1CSC(c3cc(F)ccc3F)[C@@H](NC(=O)OC(C)(C)C)C1)C2. The molecule has 1 saturated heterocycles. The molecule has 3 atom stereocenters. The van der Waals surface area contributed by atoms with E-state index in [0.29, 0.717) is 25.3 Å². The summed E-state index contributed by atoms with van der Waals surface area (Å²) < 4.78 is 40.3. The van der Waals surface area contributed by atoms with Gasteiger partial charge in [-0.25, -0.2) is 13.6 Å². The van der Waals surface area contributed by atoms with E-state index in [2.05, 4.69) is 15.3 Å². The fraction of sp³-hybridized carbons (Fsp3) is 0.542. The number of rotatable bonds is 5. The molecule has 190 valence electrons. The number of halogens is 2. The maximum Gasteiger partial charge on any atom is 0.407 e. The molecule has 1 amide bonds. The summed E-state index contributed by atoms with van der Waals surface area (Å²) in [6, 6.07) is 3.03. The molecule has 0 saturated carbocycles. The molecule has 0 spiro atoms. The van der Waals surface area contributed by atoms with Gasteiger partial charge in [0, 0.05) is 48.2 Å². The number of nitrogens with zero attached hydrogens (tertiary/aromatic N) is 3. The minimum Gasteiger partial charge on any atom is -0.468 e. The lowest BCUT2D eigenvalue weighted by atomic mass is 9.97. The lowest BCUT2D eigenvalue weighted by molar-refractivity contribution is -0.141. The minimum atomic E-state index is -0.683. The maximum absolute atomic E-state index is 14.6. The van der Waals surface area contributed by atoms with Crippen molar-refractivity contribution in [1.82, 2.24) is 20.0 Å². The van der Waals surface area contributed by atoms with E-state index in [1.54, 1.807) is 25.5 Å². The Hall–Kier alpha value is -2.66. The van der Waals surface area contributed by atoms with E-state index in [1.165, 1.54) is 24.9 Å². The molecule has 1 N–H and O–H groups in total. The van der Waals surface area contributed by atoms with Gasteiger partial charge in [0.2, 0.25) is 0 Å². The zero-order valence-corrected chi connectivity index (χ0v) is 21.0. The fourth-order valence-electron chi connectivity index (χ4n) is 4.47. The van der Waals surface area contributed by atoms with Crippen molar-refractivity contribution >= 4 is 23.8 Å². The Balaban J connectivity index is 1.49. The average Bonchev–Trinajstić information content (AvgIpc) is 3.32. The zero-order chi connectivity index (χ0) is 25.3. The molecule has 2 aliphatic rings. The van der Waals surface area contributed by atoms with Gasteiger partial charge in [-0.05, 0) is 45.4 Å². The molecule has 1 aromatic carbocycles. The monoisotopic (exact) mass is 508 g/mol. The fourth-order valence-corrected chi connectivity index (χ4v) is 6.02. The number of hydrogen-bond donors (Lipinski definition) is 1. The highest BCUT2D eigenvalue weighted by Crippen LogP contribution is 2.42. The second-order valence-electron chi connectivity index (χ2n) is 9.84. The molecule has 11 heteroatoms. The van der Waals surface area contributed by atoms with Gasteiger partial charge in [-0.1, -0.05) is 0 Å². The van der Waals surface area contributed by atoms with Gasteiger partial charge in [0.1, 0.15) is 23.8 Å². The van der Waals surface area contributed by atoms with Crippen molar-refractivity contribution in [3.05, 3.63) is 52.9 Å². The number of ether oxygens (including phenoxy) is 2. The van der Waals surface area contributed by atoms with Gasteiger partial charge >= 0.3 is 12.1 Å². The molecule has 35 heavy (non-hydrogen) atoms. The van der Waals surface area contributed by atoms with Crippen LogP contribution in [0.2, 0.25) is 0 Å². The van der Waals surface area contributed by atoms with E-state index in [-0.39, 0.29) is 24.1 Å². The Morgan fingerprint density at radius 2 is 2.03 bits per heavy atom. The van der Waals surface area contributed by atoms with Crippen LogP contribution in [0.15, 0.2) is 24.4 Å². The van der Waals surface area contributed by atoms with Crippen LogP contribution in [0.5, 0.6) is 0 Å². The smallest absolute Gasteiger partial charge is 0.407 e. The summed E-state index contributed by atoms with van der Waals surface area (Å²) >= 11 is 1.49. The molecular formula is C24H30F2N4O4S. The number of carbonyl (C=O) groups is 2. The molecule has 8 nitrogen and oxygen atoms in total. The van der Waals surface area contributed by atoms with E-state index in [9.17, 15) is 18.4 Å². The number of fused-ring (bicyclic) bond motifs is 1. The predicted octanol–water partition coefficient (Wildman–Crippen LogP) is 3.79. The van der Waals surface area contributed by atoms with E-state index >= 15 is 0 Å². The van der Waals surface area contributed by atoms with E-state index in [0.717, 1.165) is 23.4 Å². The van der Waals surface area contributed by atoms with Crippen molar-refractivity contribution in [3.63, 3.8) is 0 Å². The lowest BCUT2D eigenvalue weighted by Crippen LogP contribution is -2.49. The highest BCUT2D eigenvalue weighted by atomic mass is 32.2. The van der Waals surface area contributed by atoms with Crippen LogP contribution in [-0.2, 0) is 33.9 Å². The number of hydrogen-bond acceptors (Lipinski definition) is 7. The van der Waals surface area contributed by atoms with Crippen molar-refractivity contribution in [2.75, 3.05) is 12.9 Å². The molecule has 0 aliphatic carbocycles. The van der Waals surface area contributed by atoms with E-state index < -0.39 is 34.6 Å². The number of nitrogens with one attached hydrogen (secondary N) is 1. The van der Waals surface area contributed by atoms with E-state index in [1.807, 2.05) is 6.20 Å². The highest BCUT2D eigenvalue weighted by Gasteiger charge is 2.39. The molecule has 1 aromatic heterocycles. The summed E-state index contributed by atoms with van der Waals surface area (Å²) in [5.74, 6) is -0.703. The third-order valence-corrected chi connectivity index (χ3v) is 7.53. The quantitative estimate of drug-likeness (QED) is 0.615. The molecule has 2 aliphatic heterocycles. The van der Waals surface area contributed by atoms with Gasteiger partial charge in [-0.2, -0.15) is 5.10 Å². The Bertz CT molecular complexity index is 1080. The van der Waals surface area contributed by atoms with Crippen LogP contribution < -0.4 is 5.32 Å². The topological polar surface area (TPSA) is 85.7 Å². The second-order valence-corrected chi connectivity index (χ2v) is 11.0. The van der Waals surface area contributed by atoms with Crippen molar-refractivity contribution < 1.29 is 27.8 Å². The molecule has 4 rings (SSSR count). The summed E-state index contributed by atoms with van der Waals surface area (Å²) in [7, 11) is 1.34. The zero-order valence-electron chi connectivity index (χ0n) is 20.2. The molecule has 1 fully saturated rings. The Kier molecular flexibility index (Phi) is 7.37. The highest BCUT2D eigenvalue weighted by molar-refractivity contribution is 7.99. The van der Waals surface area contributed by atoms with Crippen LogP contribution in [0, 0.1) is 11.6 Å². The van der Waals surface area contributed by atoms with Crippen molar-refractivity contribution in [1.29, 1.82) is 0 Å². The predicted molar refractivity (Wildman–Crippen MR) is 127 cm³/mol. The minimum absolute atomic E-state index is 0.0611. The van der Waals surface area contributed by atoms with Crippen LogP contribution in [-0.4, -0.2) is 57.3 Å². The number of benzene rings is 1. The third-order valence-electron chi connectivity index (χ3n) is 6.01. The first-order valence-electron chi connectivity index (χ1n) is 11.4. The van der Waals surface area contributed by atoms with Gasteiger partial charge in [0.25, 0.3) is 0 Å². The van der Waals surface area contributed by atoms with Gasteiger partial charge < -0.3 is 14.8 Å². The maximum atomic E-state index is 14.6. The first kappa shape index (κ1) is 25.4. The summed E-state index contributed by atoms with van der Waals surface area (Å²) in [4.78, 5) is 26.4. The van der Waals surface area contributed by atoms with Crippen molar-refractivity contribution in [2.24, 2.45) is 0 Å². The number of carbonyl (C=O) groups excluding carboxylic acids is 2. The van der Waals surface area contributed by atoms with Crippen LogP contribution in [0.1, 0.15) is 49.3 Å². The molecule has 0 bridgehead atoms. The molecule has 1 unspecified atom stereocenters. The van der Waals surface area contributed by atoms with Crippen LogP contribution in [0.25, 0.3) is 0 Å². The van der Waals surface area contributed by atoms with Gasteiger partial charge in [-0.3, -0.25) is 14.4 Å². The number of aromatic nitrogens is 2. The molecule has 2 aromatic rings. The number of esters is 1. The summed E-state index contributed by atoms with van der Waals surface area (Å²) in [5, 5.41) is 6.95. The van der Waals surface area contributed by atoms with E-state index in [4.69, 9.17) is 9.47 Å². The number of thioether (sulfide) groups is 1. The van der Waals surface area contributed by atoms with Crippen molar-refractivity contribution in [2.45, 2.75) is 69.8 Å². The Morgan fingerprint density at radius 1 is 1.26 bits per heavy atom. The molecular weight excluding hydrogens is 478 g/mol. The van der Waals surface area contributed by atoms with Crippen LogP contribution in [0.3, 0.4) is 0 Å². The standard InChI is InChI=1S/C24H30F2N4O4S/c1-24(2,3)34-23(32)27-19-8-16(13-35-22(19)17-7-15(25)5-6-18(17)26)29-9-14-10-30(12-21(31)33-4)28-20(14)11-29/h5-7,10,16,19,22H,8-9,11-13H2,1-4H3,(H,27,32)/t16-,19+,22?/m1/s1. The summed E-state index contributed by atoms with van der Waals surface area (Å²) in [6.45, 7) is 6.64. The average molecular weight is 509 g/mol. The summed E-state index contributed by atoms with van der Waals surface area (Å²) in [6.07, 6.45) is 1.80. The van der Waals surface area contributed by atoms with Gasteiger partial charge in [0.05, 0.1) is 18.1 Å². The first-order chi connectivity index (χ1) is 16.5. The molecule has 3 heterocycles. The third kappa shape index (κ3) is 6.13. The van der Waals surface area contributed by atoms with Crippen molar-refractivity contribution in [3.8, 4) is 0 Å². The number of amides is 1. The van der Waals surface area contributed by atoms with Crippen LogP contribution >= 0.6 is 11.8 Å². The largest absolute Gasteiger partial charge is 0.468 e.